The number of nitrogens with two attached hydrogens (primary N) is 1. The van der Waals surface area contributed by atoms with Gasteiger partial charge in [0.15, 0.2) is 0 Å². The first kappa shape index (κ1) is 9.01. The standard InChI is InChI=1S/C9H20N2/c1-4-6(2)8-7(3)5-11-9(8)10/h6-9,11H,4-5,10H2,1-3H3. The molecule has 0 aromatic rings. The van der Waals surface area contributed by atoms with Gasteiger partial charge in [-0.15, -0.1) is 0 Å². The summed E-state index contributed by atoms with van der Waals surface area (Å²) < 4.78 is 0. The molecule has 1 fully saturated rings. The molecule has 11 heavy (non-hydrogen) atoms. The third-order valence-electron chi connectivity index (χ3n) is 3.05. The maximum atomic E-state index is 5.93. The second kappa shape index (κ2) is 3.55. The molecule has 1 heterocycles. The quantitative estimate of drug-likeness (QED) is 0.630. The lowest BCUT2D eigenvalue weighted by molar-refractivity contribution is 0.264. The van der Waals surface area contributed by atoms with E-state index in [9.17, 15) is 0 Å². The Morgan fingerprint density at radius 1 is 1.64 bits per heavy atom. The molecule has 3 N–H and O–H groups in total. The molecule has 1 aliphatic heterocycles. The van der Waals surface area contributed by atoms with Crippen LogP contribution in [0.5, 0.6) is 0 Å². The van der Waals surface area contributed by atoms with E-state index in [2.05, 4.69) is 26.1 Å². The molecule has 4 atom stereocenters. The molecule has 0 aliphatic carbocycles. The SMILES string of the molecule is CCC(C)C1C(C)CNC1N. The average Bonchev–Trinajstić information content (AvgIpc) is 2.30. The lowest BCUT2D eigenvalue weighted by Crippen LogP contribution is -2.39. The van der Waals surface area contributed by atoms with Crippen LogP contribution in [0.3, 0.4) is 0 Å². The molecule has 1 saturated heterocycles. The summed E-state index contributed by atoms with van der Waals surface area (Å²) in [5.41, 5.74) is 5.93. The van der Waals surface area contributed by atoms with Gasteiger partial charge in [-0.1, -0.05) is 27.2 Å². The predicted molar refractivity (Wildman–Crippen MR) is 48.1 cm³/mol. The van der Waals surface area contributed by atoms with Crippen molar-refractivity contribution in [1.29, 1.82) is 0 Å². The highest BCUT2D eigenvalue weighted by molar-refractivity contribution is 4.87. The lowest BCUT2D eigenvalue weighted by Gasteiger charge is -2.24. The average molecular weight is 156 g/mol. The maximum Gasteiger partial charge on any atom is 0.0581 e. The lowest BCUT2D eigenvalue weighted by atomic mass is 9.83. The van der Waals surface area contributed by atoms with Crippen LogP contribution in [0, 0.1) is 17.8 Å². The minimum absolute atomic E-state index is 0.236. The Morgan fingerprint density at radius 2 is 2.27 bits per heavy atom. The van der Waals surface area contributed by atoms with E-state index in [0.717, 1.165) is 18.4 Å². The summed E-state index contributed by atoms with van der Waals surface area (Å²) in [6.45, 7) is 7.92. The monoisotopic (exact) mass is 156 g/mol. The molecule has 0 radical (unpaired) electrons. The van der Waals surface area contributed by atoms with Crippen LogP contribution in [-0.2, 0) is 0 Å². The number of hydrogen-bond donors (Lipinski definition) is 2. The van der Waals surface area contributed by atoms with E-state index in [1.165, 1.54) is 6.42 Å². The molecule has 0 spiro atoms. The Balaban J connectivity index is 2.53. The molecule has 66 valence electrons. The zero-order valence-electron chi connectivity index (χ0n) is 7.80. The molecular formula is C9H20N2. The third-order valence-corrected chi connectivity index (χ3v) is 3.05. The van der Waals surface area contributed by atoms with Gasteiger partial charge < -0.3 is 11.1 Å². The van der Waals surface area contributed by atoms with Gasteiger partial charge in [-0.3, -0.25) is 0 Å². The smallest absolute Gasteiger partial charge is 0.0581 e. The van der Waals surface area contributed by atoms with Gasteiger partial charge in [-0.2, -0.15) is 0 Å². The fourth-order valence-electron chi connectivity index (χ4n) is 2.14. The van der Waals surface area contributed by atoms with Gasteiger partial charge >= 0.3 is 0 Å². The molecule has 2 heteroatoms. The first-order chi connectivity index (χ1) is 5.16. The van der Waals surface area contributed by atoms with E-state index >= 15 is 0 Å². The minimum atomic E-state index is 0.236. The van der Waals surface area contributed by atoms with Crippen LogP contribution < -0.4 is 11.1 Å². The summed E-state index contributed by atoms with van der Waals surface area (Å²) in [7, 11) is 0. The zero-order chi connectivity index (χ0) is 8.43. The van der Waals surface area contributed by atoms with Crippen molar-refractivity contribution in [2.24, 2.45) is 23.5 Å². The van der Waals surface area contributed by atoms with Crippen molar-refractivity contribution >= 4 is 0 Å². The van der Waals surface area contributed by atoms with Gasteiger partial charge in [0.05, 0.1) is 6.17 Å². The van der Waals surface area contributed by atoms with Crippen molar-refractivity contribution in [3.8, 4) is 0 Å². The Bertz CT molecular complexity index is 115. The fraction of sp³-hybridized carbons (Fsp3) is 1.00. The second-order valence-electron chi connectivity index (χ2n) is 3.87. The summed E-state index contributed by atoms with van der Waals surface area (Å²) in [5, 5.41) is 3.31. The third kappa shape index (κ3) is 1.74. The van der Waals surface area contributed by atoms with E-state index in [0.29, 0.717) is 5.92 Å². The van der Waals surface area contributed by atoms with Gasteiger partial charge in [0.1, 0.15) is 0 Å². The Hall–Kier alpha value is -0.0800. The molecule has 0 saturated carbocycles. The molecule has 0 aromatic heterocycles. The summed E-state index contributed by atoms with van der Waals surface area (Å²) >= 11 is 0. The zero-order valence-corrected chi connectivity index (χ0v) is 7.80. The van der Waals surface area contributed by atoms with Crippen LogP contribution in [0.4, 0.5) is 0 Å². The van der Waals surface area contributed by atoms with E-state index in [-0.39, 0.29) is 6.17 Å². The van der Waals surface area contributed by atoms with Crippen molar-refractivity contribution in [1.82, 2.24) is 5.32 Å². The van der Waals surface area contributed by atoms with E-state index < -0.39 is 0 Å². The van der Waals surface area contributed by atoms with Crippen LogP contribution in [0.1, 0.15) is 27.2 Å². The van der Waals surface area contributed by atoms with Crippen molar-refractivity contribution in [2.75, 3.05) is 6.54 Å². The summed E-state index contributed by atoms with van der Waals surface area (Å²) in [6.07, 6.45) is 1.48. The highest BCUT2D eigenvalue weighted by atomic mass is 15.1. The molecule has 1 aliphatic rings. The van der Waals surface area contributed by atoms with Crippen molar-refractivity contribution in [3.05, 3.63) is 0 Å². The molecular weight excluding hydrogens is 136 g/mol. The van der Waals surface area contributed by atoms with Crippen molar-refractivity contribution in [3.63, 3.8) is 0 Å². The van der Waals surface area contributed by atoms with Crippen LogP contribution in [0.15, 0.2) is 0 Å². The minimum Gasteiger partial charge on any atom is -0.316 e. The summed E-state index contributed by atoms with van der Waals surface area (Å²) in [4.78, 5) is 0. The highest BCUT2D eigenvalue weighted by Crippen LogP contribution is 2.28. The van der Waals surface area contributed by atoms with Crippen molar-refractivity contribution in [2.45, 2.75) is 33.4 Å². The second-order valence-corrected chi connectivity index (χ2v) is 3.87. The molecule has 0 bridgehead atoms. The van der Waals surface area contributed by atoms with Gasteiger partial charge in [0.2, 0.25) is 0 Å². The van der Waals surface area contributed by atoms with Gasteiger partial charge in [-0.05, 0) is 24.3 Å². The van der Waals surface area contributed by atoms with Crippen LogP contribution in [-0.4, -0.2) is 12.7 Å². The van der Waals surface area contributed by atoms with Crippen LogP contribution in [0.25, 0.3) is 0 Å². The largest absolute Gasteiger partial charge is 0.316 e. The Labute approximate surface area is 69.5 Å². The topological polar surface area (TPSA) is 38.0 Å². The predicted octanol–water partition coefficient (Wildman–Crippen LogP) is 1.17. The molecule has 4 unspecified atom stereocenters. The molecule has 0 aromatic carbocycles. The van der Waals surface area contributed by atoms with E-state index in [4.69, 9.17) is 5.73 Å². The van der Waals surface area contributed by atoms with Gasteiger partial charge in [0, 0.05) is 0 Å². The molecule has 2 nitrogen and oxygen atoms in total. The fourth-order valence-corrected chi connectivity index (χ4v) is 2.14. The van der Waals surface area contributed by atoms with Gasteiger partial charge in [-0.25, -0.2) is 0 Å². The van der Waals surface area contributed by atoms with Crippen LogP contribution in [0.2, 0.25) is 0 Å². The van der Waals surface area contributed by atoms with Crippen molar-refractivity contribution < 1.29 is 0 Å². The highest BCUT2D eigenvalue weighted by Gasteiger charge is 2.33. The van der Waals surface area contributed by atoms with Crippen LogP contribution >= 0.6 is 0 Å². The maximum absolute atomic E-state index is 5.93. The van der Waals surface area contributed by atoms with E-state index in [1.54, 1.807) is 0 Å². The molecule has 0 amide bonds. The first-order valence-corrected chi connectivity index (χ1v) is 4.65. The summed E-state index contributed by atoms with van der Waals surface area (Å²) in [5.74, 6) is 2.19. The number of rotatable bonds is 2. The van der Waals surface area contributed by atoms with E-state index in [1.807, 2.05) is 0 Å². The summed E-state index contributed by atoms with van der Waals surface area (Å²) in [6, 6.07) is 0. The Kier molecular flexibility index (Phi) is 2.90. The first-order valence-electron chi connectivity index (χ1n) is 4.65. The number of nitrogens with one attached hydrogen (secondary N) is 1. The normalized spacial score (nSPS) is 40.9. The number of hydrogen-bond acceptors (Lipinski definition) is 2. The van der Waals surface area contributed by atoms with Gasteiger partial charge in [0.25, 0.3) is 0 Å². The Morgan fingerprint density at radius 3 is 2.64 bits per heavy atom. The molecule has 1 rings (SSSR count).